The molecule has 1 aromatic rings. The largest absolute Gasteiger partial charge is 0.465 e. The number of nitrogens with zero attached hydrogens (tertiary/aromatic N) is 3. The molecule has 1 N–H and O–H groups in total. The first kappa shape index (κ1) is 23.8. The van der Waals surface area contributed by atoms with Gasteiger partial charge in [-0.05, 0) is 25.0 Å². The second kappa shape index (κ2) is 11.7. The second-order valence-electron chi connectivity index (χ2n) is 7.64. The number of rotatable bonds is 5. The first-order valence-corrected chi connectivity index (χ1v) is 11.1. The van der Waals surface area contributed by atoms with Crippen molar-refractivity contribution in [2.24, 2.45) is 10.9 Å². The van der Waals surface area contributed by atoms with Crippen LogP contribution in [0, 0.1) is 12.8 Å². The summed E-state index contributed by atoms with van der Waals surface area (Å²) in [6, 6.07) is 4.35. The molecule has 2 unspecified atom stereocenters. The summed E-state index contributed by atoms with van der Waals surface area (Å²) in [5.41, 5.74) is 0. The first-order chi connectivity index (χ1) is 13.1. The van der Waals surface area contributed by atoms with Crippen LogP contribution in [0.2, 0.25) is 0 Å². The van der Waals surface area contributed by atoms with Crippen molar-refractivity contribution >= 4 is 41.7 Å². The Morgan fingerprint density at radius 3 is 2.64 bits per heavy atom. The zero-order valence-electron chi connectivity index (χ0n) is 17.5. The van der Waals surface area contributed by atoms with Gasteiger partial charge in [0.25, 0.3) is 0 Å². The van der Waals surface area contributed by atoms with Gasteiger partial charge in [-0.2, -0.15) is 11.8 Å². The molecule has 28 heavy (non-hydrogen) atoms. The van der Waals surface area contributed by atoms with Crippen LogP contribution in [0.5, 0.6) is 0 Å². The predicted molar refractivity (Wildman–Crippen MR) is 128 cm³/mol. The normalized spacial score (nSPS) is 22.8. The molecule has 2 aliphatic rings. The van der Waals surface area contributed by atoms with Crippen LogP contribution in [-0.2, 0) is 4.74 Å². The number of hydrogen-bond donors (Lipinski definition) is 1. The Morgan fingerprint density at radius 2 is 2.04 bits per heavy atom. The highest BCUT2D eigenvalue weighted by Gasteiger charge is 2.28. The first-order valence-electron chi connectivity index (χ1n) is 10.0. The highest BCUT2D eigenvalue weighted by atomic mass is 127. The van der Waals surface area contributed by atoms with Gasteiger partial charge in [0.15, 0.2) is 5.96 Å². The van der Waals surface area contributed by atoms with Gasteiger partial charge in [-0.1, -0.05) is 13.8 Å². The van der Waals surface area contributed by atoms with E-state index in [0.717, 1.165) is 69.2 Å². The second-order valence-corrected chi connectivity index (χ2v) is 8.99. The summed E-state index contributed by atoms with van der Waals surface area (Å²) >= 11 is 2.09. The molecule has 8 heteroatoms. The van der Waals surface area contributed by atoms with Crippen molar-refractivity contribution in [3.8, 4) is 0 Å². The molecule has 2 saturated heterocycles. The van der Waals surface area contributed by atoms with E-state index in [1.165, 1.54) is 0 Å². The molecule has 3 rings (SSSR count). The number of furan rings is 1. The van der Waals surface area contributed by atoms with Crippen molar-refractivity contribution in [2.45, 2.75) is 32.1 Å². The van der Waals surface area contributed by atoms with E-state index in [-0.39, 0.29) is 30.0 Å². The number of guanidine groups is 1. The average molecular weight is 522 g/mol. The average Bonchev–Trinajstić information content (AvgIpc) is 3.12. The maximum absolute atomic E-state index is 5.98. The molecule has 160 valence electrons. The monoisotopic (exact) mass is 522 g/mol. The van der Waals surface area contributed by atoms with Crippen LogP contribution in [-0.4, -0.2) is 79.7 Å². The Labute approximate surface area is 190 Å². The minimum Gasteiger partial charge on any atom is -0.465 e. The van der Waals surface area contributed by atoms with E-state index < -0.39 is 0 Å². The molecule has 0 spiro atoms. The van der Waals surface area contributed by atoms with Crippen LogP contribution < -0.4 is 5.32 Å². The lowest BCUT2D eigenvalue weighted by molar-refractivity contribution is 0.0123. The summed E-state index contributed by atoms with van der Waals surface area (Å²) in [6.07, 6.45) is 0. The molecule has 0 saturated carbocycles. The number of nitrogens with one attached hydrogen (secondary N) is 1. The van der Waals surface area contributed by atoms with Crippen molar-refractivity contribution in [2.75, 3.05) is 58.7 Å². The van der Waals surface area contributed by atoms with Crippen LogP contribution in [0.15, 0.2) is 21.5 Å². The van der Waals surface area contributed by atoms with Crippen molar-refractivity contribution in [1.29, 1.82) is 0 Å². The number of ether oxygens (including phenoxy) is 1. The fourth-order valence-electron chi connectivity index (χ4n) is 3.72. The molecule has 0 aromatic carbocycles. The third-order valence-electron chi connectivity index (χ3n) is 5.38. The number of hydrogen-bond acceptors (Lipinski definition) is 5. The Balaban J connectivity index is 0.00000280. The van der Waals surface area contributed by atoms with E-state index in [0.29, 0.717) is 11.2 Å². The Morgan fingerprint density at radius 1 is 1.29 bits per heavy atom. The quantitative estimate of drug-likeness (QED) is 0.364. The van der Waals surface area contributed by atoms with Crippen LogP contribution in [0.25, 0.3) is 0 Å². The molecule has 2 atom stereocenters. The van der Waals surface area contributed by atoms with Gasteiger partial charge < -0.3 is 19.4 Å². The van der Waals surface area contributed by atoms with Crippen molar-refractivity contribution in [3.63, 3.8) is 0 Å². The van der Waals surface area contributed by atoms with Gasteiger partial charge in [-0.25, -0.2) is 0 Å². The zero-order valence-corrected chi connectivity index (χ0v) is 20.7. The number of aliphatic imine (C=N–C) groups is 1. The summed E-state index contributed by atoms with van der Waals surface area (Å²) in [7, 11) is 1.88. The van der Waals surface area contributed by atoms with Gasteiger partial charge in [-0.3, -0.25) is 9.89 Å². The maximum Gasteiger partial charge on any atom is 0.193 e. The highest BCUT2D eigenvalue weighted by Crippen LogP contribution is 2.26. The van der Waals surface area contributed by atoms with Crippen LogP contribution >= 0.6 is 35.7 Å². The van der Waals surface area contributed by atoms with Gasteiger partial charge in [-0.15, -0.1) is 24.0 Å². The van der Waals surface area contributed by atoms with Gasteiger partial charge in [0, 0.05) is 50.8 Å². The van der Waals surface area contributed by atoms with Crippen molar-refractivity contribution < 1.29 is 9.15 Å². The molecular formula is C20H35IN4O2S. The Hall–Kier alpha value is -0.450. The van der Waals surface area contributed by atoms with E-state index in [9.17, 15) is 0 Å². The molecule has 2 fully saturated rings. The molecule has 2 aliphatic heterocycles. The molecule has 0 amide bonds. The molecule has 6 nitrogen and oxygen atoms in total. The minimum absolute atomic E-state index is 0. The fraction of sp³-hybridized carbons (Fsp3) is 0.750. The maximum atomic E-state index is 5.98. The zero-order chi connectivity index (χ0) is 19.2. The smallest absolute Gasteiger partial charge is 0.193 e. The van der Waals surface area contributed by atoms with E-state index in [1.807, 2.05) is 20.0 Å². The lowest BCUT2D eigenvalue weighted by Gasteiger charge is -2.38. The summed E-state index contributed by atoms with van der Waals surface area (Å²) in [5.74, 6) is 4.83. The van der Waals surface area contributed by atoms with Gasteiger partial charge in [0.1, 0.15) is 11.5 Å². The van der Waals surface area contributed by atoms with Crippen molar-refractivity contribution in [1.82, 2.24) is 15.1 Å². The van der Waals surface area contributed by atoms with E-state index in [1.54, 1.807) is 0 Å². The highest BCUT2D eigenvalue weighted by molar-refractivity contribution is 14.0. The SMILES string of the molecule is CN=C(NCC(c1ccc(C)o1)N1CCOCC1)N1CCSC(C(C)C)C1.I. The van der Waals surface area contributed by atoms with Crippen LogP contribution in [0.1, 0.15) is 31.4 Å². The topological polar surface area (TPSA) is 53.2 Å². The summed E-state index contributed by atoms with van der Waals surface area (Å²) in [5, 5.41) is 4.29. The number of aryl methyl sites for hydroxylation is 1. The third kappa shape index (κ3) is 6.27. The summed E-state index contributed by atoms with van der Waals surface area (Å²) in [6.45, 7) is 12.9. The molecule has 3 heterocycles. The number of morpholine rings is 1. The summed E-state index contributed by atoms with van der Waals surface area (Å²) < 4.78 is 11.5. The standard InChI is InChI=1S/C20H34N4O2S.HI/c1-15(2)19-14-24(9-12-27-19)20(21-4)22-13-17(18-6-5-16(3)26-18)23-7-10-25-11-8-23;/h5-6,15,17,19H,7-14H2,1-4H3,(H,21,22);1H. The molecule has 0 bridgehead atoms. The van der Waals surface area contributed by atoms with Gasteiger partial charge in [0.2, 0.25) is 0 Å². The molecule has 1 aromatic heterocycles. The van der Waals surface area contributed by atoms with Gasteiger partial charge >= 0.3 is 0 Å². The third-order valence-corrected chi connectivity index (χ3v) is 6.92. The molecular weight excluding hydrogens is 487 g/mol. The van der Waals surface area contributed by atoms with Gasteiger partial charge in [0.05, 0.1) is 19.3 Å². The fourth-order valence-corrected chi connectivity index (χ4v) is 5.02. The van der Waals surface area contributed by atoms with Crippen LogP contribution in [0.4, 0.5) is 0 Å². The Bertz CT molecular complexity index is 619. The van der Waals surface area contributed by atoms with Crippen LogP contribution in [0.3, 0.4) is 0 Å². The lowest BCUT2D eigenvalue weighted by atomic mass is 10.1. The predicted octanol–water partition coefficient (Wildman–Crippen LogP) is 3.23. The molecule has 0 aliphatic carbocycles. The number of thioether (sulfide) groups is 1. The van der Waals surface area contributed by atoms with E-state index in [4.69, 9.17) is 9.15 Å². The Kier molecular flexibility index (Phi) is 9.92. The van der Waals surface area contributed by atoms with E-state index in [2.05, 4.69) is 51.8 Å². The summed E-state index contributed by atoms with van der Waals surface area (Å²) in [4.78, 5) is 9.43. The number of halogens is 1. The molecule has 0 radical (unpaired) electrons. The van der Waals surface area contributed by atoms with Crippen molar-refractivity contribution in [3.05, 3.63) is 23.7 Å². The lowest BCUT2D eigenvalue weighted by Crippen LogP contribution is -2.51. The minimum atomic E-state index is 0. The van der Waals surface area contributed by atoms with E-state index >= 15 is 0 Å².